The first-order chi connectivity index (χ1) is 10.8. The maximum Gasteiger partial charge on any atom is 0.433 e. The molecule has 23 heavy (non-hydrogen) atoms. The molecule has 1 saturated carbocycles. The molecule has 0 aliphatic heterocycles. The molecule has 1 aliphatic rings. The molecular weight excluding hydrogens is 373 g/mol. The Kier molecular flexibility index (Phi) is 4.18. The van der Waals surface area contributed by atoms with Gasteiger partial charge in [-0.1, -0.05) is 6.07 Å². The molecule has 4 nitrogen and oxygen atoms in total. The van der Waals surface area contributed by atoms with E-state index in [4.69, 9.17) is 0 Å². The third kappa shape index (κ3) is 4.13. The number of aryl methyl sites for hydroxylation is 1. The first-order valence-electron chi connectivity index (χ1n) is 7.07. The Morgan fingerprint density at radius 2 is 1.91 bits per heavy atom. The van der Waals surface area contributed by atoms with Crippen LogP contribution in [0.25, 0.3) is 0 Å². The third-order valence-corrected chi connectivity index (χ3v) is 3.97. The molecule has 0 bridgehead atoms. The van der Waals surface area contributed by atoms with Crippen molar-refractivity contribution in [2.75, 3.05) is 10.6 Å². The topological polar surface area (TPSA) is 49.8 Å². The molecule has 1 aliphatic carbocycles. The summed E-state index contributed by atoms with van der Waals surface area (Å²) >= 11 is 3.39. The van der Waals surface area contributed by atoms with Crippen molar-refractivity contribution in [2.24, 2.45) is 0 Å². The zero-order valence-electron chi connectivity index (χ0n) is 12.2. The summed E-state index contributed by atoms with van der Waals surface area (Å²) in [4.78, 5) is 7.70. The van der Waals surface area contributed by atoms with E-state index in [1.54, 1.807) is 6.07 Å². The van der Waals surface area contributed by atoms with Crippen molar-refractivity contribution in [3.63, 3.8) is 0 Å². The Labute approximate surface area is 139 Å². The molecule has 0 amide bonds. The minimum Gasteiger partial charge on any atom is -0.351 e. The standard InChI is InChI=1S/C15H14BrF3N4/c1-8-2-5-11(10(16)6-8)21-13-7-12(15(17,18)19)22-14(23-13)20-9-3-4-9/h2,5-7,9H,3-4H2,1H3,(H2,20,21,22,23). The van der Waals surface area contributed by atoms with E-state index in [1.807, 2.05) is 19.1 Å². The monoisotopic (exact) mass is 386 g/mol. The molecule has 1 heterocycles. The van der Waals surface area contributed by atoms with Gasteiger partial charge in [-0.25, -0.2) is 4.98 Å². The Balaban J connectivity index is 1.93. The van der Waals surface area contributed by atoms with Crippen molar-refractivity contribution in [3.05, 3.63) is 40.0 Å². The van der Waals surface area contributed by atoms with Crippen LogP contribution in [-0.2, 0) is 6.18 Å². The minimum atomic E-state index is -4.52. The molecule has 0 radical (unpaired) electrons. The number of halogens is 4. The minimum absolute atomic E-state index is 0.00643. The predicted octanol–water partition coefficient (Wildman–Crippen LogP) is 4.88. The molecule has 0 spiro atoms. The van der Waals surface area contributed by atoms with Crippen LogP contribution in [-0.4, -0.2) is 16.0 Å². The summed E-state index contributed by atoms with van der Waals surface area (Å²) in [6.45, 7) is 1.93. The third-order valence-electron chi connectivity index (χ3n) is 3.31. The van der Waals surface area contributed by atoms with Crippen LogP contribution in [0.3, 0.4) is 0 Å². The summed E-state index contributed by atoms with van der Waals surface area (Å²) in [6.07, 6.45) is -2.68. The number of nitrogens with zero attached hydrogens (tertiary/aromatic N) is 2. The van der Waals surface area contributed by atoms with E-state index >= 15 is 0 Å². The van der Waals surface area contributed by atoms with E-state index in [-0.39, 0.29) is 17.8 Å². The summed E-state index contributed by atoms with van der Waals surface area (Å²) in [6, 6.07) is 6.59. The van der Waals surface area contributed by atoms with Gasteiger partial charge in [-0.05, 0) is 53.4 Å². The summed E-state index contributed by atoms with van der Waals surface area (Å²) in [7, 11) is 0. The summed E-state index contributed by atoms with van der Waals surface area (Å²) in [5.41, 5.74) is 0.707. The maximum absolute atomic E-state index is 13.0. The van der Waals surface area contributed by atoms with E-state index in [9.17, 15) is 13.2 Å². The van der Waals surface area contributed by atoms with Gasteiger partial charge < -0.3 is 10.6 Å². The lowest BCUT2D eigenvalue weighted by atomic mass is 10.2. The zero-order chi connectivity index (χ0) is 16.6. The quantitative estimate of drug-likeness (QED) is 0.785. The van der Waals surface area contributed by atoms with Crippen LogP contribution in [0.1, 0.15) is 24.1 Å². The number of aromatic nitrogens is 2. The van der Waals surface area contributed by atoms with Crippen molar-refractivity contribution < 1.29 is 13.2 Å². The van der Waals surface area contributed by atoms with E-state index in [1.165, 1.54) is 0 Å². The van der Waals surface area contributed by atoms with Gasteiger partial charge in [0.05, 0.1) is 5.69 Å². The lowest BCUT2D eigenvalue weighted by Crippen LogP contribution is -2.14. The molecular formula is C15H14BrF3N4. The van der Waals surface area contributed by atoms with Crippen LogP contribution in [0.15, 0.2) is 28.7 Å². The lowest BCUT2D eigenvalue weighted by molar-refractivity contribution is -0.141. The van der Waals surface area contributed by atoms with Gasteiger partial charge in [0.1, 0.15) is 5.82 Å². The fourth-order valence-electron chi connectivity index (χ4n) is 1.99. The van der Waals surface area contributed by atoms with Gasteiger partial charge in [-0.2, -0.15) is 18.2 Å². The Bertz CT molecular complexity index is 729. The average molecular weight is 387 g/mol. The summed E-state index contributed by atoms with van der Waals surface area (Å²) in [5.74, 6) is 0.0908. The molecule has 122 valence electrons. The second kappa shape index (κ2) is 5.99. The predicted molar refractivity (Wildman–Crippen MR) is 85.8 cm³/mol. The zero-order valence-corrected chi connectivity index (χ0v) is 13.8. The van der Waals surface area contributed by atoms with Crippen LogP contribution in [0, 0.1) is 6.92 Å². The van der Waals surface area contributed by atoms with Crippen LogP contribution in [0.5, 0.6) is 0 Å². The van der Waals surface area contributed by atoms with Gasteiger partial charge in [0.15, 0.2) is 5.69 Å². The lowest BCUT2D eigenvalue weighted by Gasteiger charge is -2.13. The molecule has 1 aromatic carbocycles. The molecule has 0 saturated heterocycles. The Morgan fingerprint density at radius 3 is 2.52 bits per heavy atom. The van der Waals surface area contributed by atoms with Crippen molar-refractivity contribution in [1.29, 1.82) is 0 Å². The molecule has 2 N–H and O–H groups in total. The van der Waals surface area contributed by atoms with Crippen molar-refractivity contribution in [1.82, 2.24) is 9.97 Å². The molecule has 2 aromatic rings. The second-order valence-electron chi connectivity index (χ2n) is 5.49. The number of alkyl halides is 3. The number of nitrogens with one attached hydrogen (secondary N) is 2. The van der Waals surface area contributed by atoms with Crippen molar-refractivity contribution in [3.8, 4) is 0 Å². The number of hydrogen-bond acceptors (Lipinski definition) is 4. The van der Waals surface area contributed by atoms with Gasteiger partial charge in [-0.15, -0.1) is 0 Å². The van der Waals surface area contributed by atoms with Crippen LogP contribution in [0.4, 0.5) is 30.6 Å². The Hall–Kier alpha value is -1.83. The highest BCUT2D eigenvalue weighted by Crippen LogP contribution is 2.33. The molecule has 8 heteroatoms. The number of benzene rings is 1. The molecule has 0 atom stereocenters. The van der Waals surface area contributed by atoms with E-state index in [0.717, 1.165) is 28.9 Å². The normalized spacial score (nSPS) is 14.7. The van der Waals surface area contributed by atoms with Crippen LogP contribution in [0.2, 0.25) is 0 Å². The van der Waals surface area contributed by atoms with Crippen LogP contribution < -0.4 is 10.6 Å². The number of hydrogen-bond donors (Lipinski definition) is 2. The van der Waals surface area contributed by atoms with Crippen molar-refractivity contribution >= 4 is 33.4 Å². The number of rotatable bonds is 4. The van der Waals surface area contributed by atoms with Gasteiger partial charge in [0.2, 0.25) is 5.95 Å². The number of anilines is 3. The second-order valence-corrected chi connectivity index (χ2v) is 6.34. The highest BCUT2D eigenvalue weighted by molar-refractivity contribution is 9.10. The highest BCUT2D eigenvalue weighted by Gasteiger charge is 2.34. The first-order valence-corrected chi connectivity index (χ1v) is 7.86. The molecule has 1 fully saturated rings. The van der Waals surface area contributed by atoms with E-state index in [2.05, 4.69) is 36.5 Å². The summed E-state index contributed by atoms with van der Waals surface area (Å²) < 4.78 is 39.8. The van der Waals surface area contributed by atoms with Gasteiger partial charge in [0, 0.05) is 16.6 Å². The Morgan fingerprint density at radius 1 is 1.17 bits per heavy atom. The van der Waals surface area contributed by atoms with Gasteiger partial charge in [0.25, 0.3) is 0 Å². The molecule has 1 aromatic heterocycles. The summed E-state index contributed by atoms with van der Waals surface area (Å²) in [5, 5.41) is 5.81. The van der Waals surface area contributed by atoms with Crippen LogP contribution >= 0.6 is 15.9 Å². The SMILES string of the molecule is Cc1ccc(Nc2cc(C(F)(F)F)nc(NC3CC3)n2)c(Br)c1. The largest absolute Gasteiger partial charge is 0.433 e. The van der Waals surface area contributed by atoms with E-state index in [0.29, 0.717) is 5.69 Å². The smallest absolute Gasteiger partial charge is 0.351 e. The van der Waals surface area contributed by atoms with E-state index < -0.39 is 11.9 Å². The average Bonchev–Trinajstić information content (AvgIpc) is 3.25. The molecule has 3 rings (SSSR count). The van der Waals surface area contributed by atoms with Gasteiger partial charge >= 0.3 is 6.18 Å². The maximum atomic E-state index is 13.0. The highest BCUT2D eigenvalue weighted by atomic mass is 79.9. The fraction of sp³-hybridized carbons (Fsp3) is 0.333. The first kappa shape index (κ1) is 16.0. The van der Waals surface area contributed by atoms with Gasteiger partial charge in [-0.3, -0.25) is 0 Å². The van der Waals surface area contributed by atoms with Crippen molar-refractivity contribution in [2.45, 2.75) is 32.0 Å². The fourth-order valence-corrected chi connectivity index (χ4v) is 2.58. The molecule has 0 unspecified atom stereocenters.